The van der Waals surface area contributed by atoms with Crippen molar-refractivity contribution in [2.75, 3.05) is 17.2 Å². The lowest BCUT2D eigenvalue weighted by Crippen LogP contribution is -2.43. The number of anilines is 2. The van der Waals surface area contributed by atoms with E-state index < -0.39 is 17.6 Å². The van der Waals surface area contributed by atoms with E-state index in [0.29, 0.717) is 5.92 Å². The Hall–Kier alpha value is -2.25. The van der Waals surface area contributed by atoms with Gasteiger partial charge in [0.1, 0.15) is 0 Å². The van der Waals surface area contributed by atoms with E-state index in [1.54, 1.807) is 0 Å². The lowest BCUT2D eigenvalue weighted by molar-refractivity contribution is -0.137. The molecule has 1 aliphatic carbocycles. The molecule has 1 saturated carbocycles. The molecule has 0 radical (unpaired) electrons. The fourth-order valence-corrected chi connectivity index (χ4v) is 3.18. The first-order valence-electron chi connectivity index (χ1n) is 8.69. The normalized spacial score (nSPS) is 20.3. The lowest BCUT2D eigenvalue weighted by Gasteiger charge is -2.29. The number of benzene rings is 1. The predicted octanol–water partition coefficient (Wildman–Crippen LogP) is 3.77. The molecule has 1 aromatic carbocycles. The fraction of sp³-hybridized carbons (Fsp3) is 0.556. The molecule has 144 valence electrons. The van der Waals surface area contributed by atoms with Crippen molar-refractivity contribution in [3.63, 3.8) is 0 Å². The van der Waals surface area contributed by atoms with Crippen LogP contribution in [0.15, 0.2) is 18.2 Å². The first-order chi connectivity index (χ1) is 12.2. The first kappa shape index (κ1) is 20.1. The van der Waals surface area contributed by atoms with Crippen LogP contribution >= 0.6 is 0 Å². The summed E-state index contributed by atoms with van der Waals surface area (Å²) in [4.78, 5) is 23.1. The van der Waals surface area contributed by atoms with E-state index in [9.17, 15) is 22.8 Å². The maximum atomic E-state index is 13.3. The van der Waals surface area contributed by atoms with Crippen LogP contribution in [0.2, 0.25) is 0 Å². The van der Waals surface area contributed by atoms with Crippen molar-refractivity contribution in [3.05, 3.63) is 23.8 Å². The Balaban J connectivity index is 2.03. The van der Waals surface area contributed by atoms with Gasteiger partial charge >= 0.3 is 6.18 Å². The van der Waals surface area contributed by atoms with Gasteiger partial charge in [0.2, 0.25) is 11.8 Å². The Kier molecular flexibility index (Phi) is 6.50. The molecule has 2 amide bonds. The van der Waals surface area contributed by atoms with Crippen molar-refractivity contribution in [1.82, 2.24) is 5.32 Å². The molecule has 0 saturated heterocycles. The minimum absolute atomic E-state index is 0.0517. The molecular formula is C18H24F3N3O2. The molecule has 0 spiro atoms. The molecule has 2 atom stereocenters. The van der Waals surface area contributed by atoms with E-state index in [0.717, 1.165) is 31.7 Å². The molecular weight excluding hydrogens is 347 g/mol. The Morgan fingerprint density at radius 1 is 1.19 bits per heavy atom. The molecule has 1 aromatic rings. The predicted molar refractivity (Wildman–Crippen MR) is 93.8 cm³/mol. The number of halogens is 3. The molecule has 2 rings (SSSR count). The van der Waals surface area contributed by atoms with Gasteiger partial charge in [-0.05, 0) is 37.0 Å². The van der Waals surface area contributed by atoms with Gasteiger partial charge in [0, 0.05) is 24.3 Å². The molecule has 0 bridgehead atoms. The summed E-state index contributed by atoms with van der Waals surface area (Å²) >= 11 is 0. The third kappa shape index (κ3) is 5.64. The van der Waals surface area contributed by atoms with Crippen LogP contribution < -0.4 is 16.0 Å². The standard InChI is InChI=1S/C18H24F3N3O2/c1-11-5-3-4-6-15(11)24-17(26)10-22-16-8-7-13(23-12(2)25)9-14(16)18(19,20)21/h7-9,11,15,22H,3-6,10H2,1-2H3,(H,23,25)(H,24,26)/t11-,15-/m1/s1. The molecule has 0 heterocycles. The third-order valence-corrected chi connectivity index (χ3v) is 4.54. The van der Waals surface area contributed by atoms with E-state index in [2.05, 4.69) is 22.9 Å². The highest BCUT2D eigenvalue weighted by Crippen LogP contribution is 2.36. The lowest BCUT2D eigenvalue weighted by atomic mass is 9.86. The van der Waals surface area contributed by atoms with E-state index >= 15 is 0 Å². The molecule has 5 nitrogen and oxygen atoms in total. The van der Waals surface area contributed by atoms with Gasteiger partial charge in [-0.3, -0.25) is 9.59 Å². The number of nitrogens with one attached hydrogen (secondary N) is 3. The summed E-state index contributed by atoms with van der Waals surface area (Å²) in [5, 5.41) is 7.78. The van der Waals surface area contributed by atoms with Crippen LogP contribution in [-0.4, -0.2) is 24.4 Å². The maximum absolute atomic E-state index is 13.3. The number of carbonyl (C=O) groups excluding carboxylic acids is 2. The second-order valence-corrected chi connectivity index (χ2v) is 6.73. The van der Waals surface area contributed by atoms with Gasteiger partial charge in [-0.25, -0.2) is 0 Å². The van der Waals surface area contributed by atoms with Crippen LogP contribution in [0.1, 0.15) is 45.1 Å². The maximum Gasteiger partial charge on any atom is 0.418 e. The van der Waals surface area contributed by atoms with Crippen LogP contribution in [-0.2, 0) is 15.8 Å². The van der Waals surface area contributed by atoms with Gasteiger partial charge in [0.25, 0.3) is 0 Å². The number of carbonyl (C=O) groups is 2. The Morgan fingerprint density at radius 2 is 1.88 bits per heavy atom. The summed E-state index contributed by atoms with van der Waals surface area (Å²) in [5.74, 6) is -0.419. The van der Waals surface area contributed by atoms with Crippen LogP contribution in [0, 0.1) is 5.92 Å². The van der Waals surface area contributed by atoms with Crippen molar-refractivity contribution in [2.45, 2.75) is 51.7 Å². The van der Waals surface area contributed by atoms with Crippen molar-refractivity contribution in [3.8, 4) is 0 Å². The number of rotatable bonds is 5. The highest BCUT2D eigenvalue weighted by Gasteiger charge is 2.34. The Morgan fingerprint density at radius 3 is 2.50 bits per heavy atom. The van der Waals surface area contributed by atoms with Gasteiger partial charge in [-0.1, -0.05) is 19.8 Å². The minimum atomic E-state index is -4.61. The highest BCUT2D eigenvalue weighted by atomic mass is 19.4. The zero-order valence-corrected chi connectivity index (χ0v) is 14.9. The quantitative estimate of drug-likeness (QED) is 0.738. The minimum Gasteiger partial charge on any atom is -0.376 e. The Labute approximate surface area is 150 Å². The van der Waals surface area contributed by atoms with Crippen LogP contribution in [0.5, 0.6) is 0 Å². The molecule has 0 aromatic heterocycles. The number of hydrogen-bond donors (Lipinski definition) is 3. The zero-order valence-electron chi connectivity index (χ0n) is 14.9. The molecule has 1 aliphatic rings. The van der Waals surface area contributed by atoms with Crippen LogP contribution in [0.4, 0.5) is 24.5 Å². The summed E-state index contributed by atoms with van der Waals surface area (Å²) in [7, 11) is 0. The summed E-state index contributed by atoms with van der Waals surface area (Å²) in [6.45, 7) is 3.04. The van der Waals surface area contributed by atoms with Crippen LogP contribution in [0.3, 0.4) is 0 Å². The molecule has 0 unspecified atom stereocenters. The van der Waals surface area contributed by atoms with E-state index in [1.165, 1.54) is 19.1 Å². The van der Waals surface area contributed by atoms with Crippen LogP contribution in [0.25, 0.3) is 0 Å². The van der Waals surface area contributed by atoms with Gasteiger partial charge in [-0.15, -0.1) is 0 Å². The van der Waals surface area contributed by atoms with Crippen molar-refractivity contribution in [2.24, 2.45) is 5.92 Å². The van der Waals surface area contributed by atoms with Crippen molar-refractivity contribution in [1.29, 1.82) is 0 Å². The first-order valence-corrected chi connectivity index (χ1v) is 8.69. The average molecular weight is 371 g/mol. The second kappa shape index (κ2) is 8.42. The van der Waals surface area contributed by atoms with Gasteiger partial charge in [-0.2, -0.15) is 13.2 Å². The summed E-state index contributed by atoms with van der Waals surface area (Å²) in [6.07, 6.45) is -0.481. The summed E-state index contributed by atoms with van der Waals surface area (Å²) in [5.41, 5.74) is -1.07. The van der Waals surface area contributed by atoms with Crippen molar-refractivity contribution >= 4 is 23.2 Å². The van der Waals surface area contributed by atoms with Crippen molar-refractivity contribution < 1.29 is 22.8 Å². The summed E-state index contributed by atoms with van der Waals surface area (Å²) in [6, 6.07) is 3.50. The molecule has 1 fully saturated rings. The third-order valence-electron chi connectivity index (χ3n) is 4.54. The van der Waals surface area contributed by atoms with E-state index in [1.807, 2.05) is 0 Å². The summed E-state index contributed by atoms with van der Waals surface area (Å²) < 4.78 is 39.8. The Bertz CT molecular complexity index is 662. The van der Waals surface area contributed by atoms with Gasteiger partial charge in [0.15, 0.2) is 0 Å². The van der Waals surface area contributed by atoms with Gasteiger partial charge < -0.3 is 16.0 Å². The number of hydrogen-bond acceptors (Lipinski definition) is 3. The largest absolute Gasteiger partial charge is 0.418 e. The topological polar surface area (TPSA) is 70.2 Å². The van der Waals surface area contributed by atoms with E-state index in [-0.39, 0.29) is 29.9 Å². The highest BCUT2D eigenvalue weighted by molar-refractivity contribution is 5.89. The average Bonchev–Trinajstić information content (AvgIpc) is 2.54. The van der Waals surface area contributed by atoms with Gasteiger partial charge in [0.05, 0.1) is 12.1 Å². The smallest absolute Gasteiger partial charge is 0.376 e. The molecule has 0 aliphatic heterocycles. The number of amides is 2. The van der Waals surface area contributed by atoms with E-state index in [4.69, 9.17) is 0 Å². The molecule has 3 N–H and O–H groups in total. The fourth-order valence-electron chi connectivity index (χ4n) is 3.18. The second-order valence-electron chi connectivity index (χ2n) is 6.73. The number of alkyl halides is 3. The molecule has 8 heteroatoms. The SMILES string of the molecule is CC(=O)Nc1ccc(NCC(=O)N[C@@H]2CCCC[C@H]2C)c(C(F)(F)F)c1. The monoisotopic (exact) mass is 371 g/mol. The molecule has 26 heavy (non-hydrogen) atoms. The zero-order chi connectivity index (χ0) is 19.3.